The minimum Gasteiger partial charge on any atom is -0.493 e. The van der Waals surface area contributed by atoms with Crippen LogP contribution in [0.4, 0.5) is 0 Å². The second kappa shape index (κ2) is 6.13. The zero-order valence-electron chi connectivity index (χ0n) is 12.2. The van der Waals surface area contributed by atoms with Crippen LogP contribution < -0.4 is 10.1 Å². The molecule has 112 valence electrons. The van der Waals surface area contributed by atoms with Gasteiger partial charge in [-0.05, 0) is 19.1 Å². The topological polar surface area (TPSA) is 70.2 Å². The number of ether oxygens (including phenoxy) is 1. The highest BCUT2D eigenvalue weighted by Gasteiger charge is 2.15. The Kier molecular flexibility index (Phi) is 4.06. The van der Waals surface area contributed by atoms with Crippen LogP contribution in [0.1, 0.15) is 12.2 Å². The van der Waals surface area contributed by atoms with E-state index in [-0.39, 0.29) is 5.91 Å². The maximum atomic E-state index is 12.0. The summed E-state index contributed by atoms with van der Waals surface area (Å²) in [6.45, 7) is 5.66. The molecule has 0 unspecified atom stereocenters. The fraction of sp³-hybridized carbons (Fsp3) is 0.467. The molecule has 3 rings (SSSR count). The zero-order chi connectivity index (χ0) is 14.7. The van der Waals surface area contributed by atoms with Crippen LogP contribution >= 0.6 is 0 Å². The number of hydrogen-bond acceptors (Lipinski definition) is 4. The Morgan fingerprint density at radius 3 is 3.00 bits per heavy atom. The maximum Gasteiger partial charge on any atom is 0.226 e. The van der Waals surface area contributed by atoms with Crippen molar-refractivity contribution in [2.45, 2.75) is 13.3 Å². The van der Waals surface area contributed by atoms with E-state index in [9.17, 15) is 4.79 Å². The van der Waals surface area contributed by atoms with Gasteiger partial charge in [-0.25, -0.2) is 4.98 Å². The molecular weight excluding hydrogens is 268 g/mol. The molecule has 0 spiro atoms. The summed E-state index contributed by atoms with van der Waals surface area (Å²) in [5, 5.41) is 3.24. The molecule has 0 aliphatic carbocycles. The molecule has 1 saturated heterocycles. The van der Waals surface area contributed by atoms with Crippen molar-refractivity contribution in [1.29, 1.82) is 0 Å². The molecule has 2 heterocycles. The van der Waals surface area contributed by atoms with Crippen molar-refractivity contribution in [2.75, 3.05) is 32.8 Å². The van der Waals surface area contributed by atoms with Crippen LogP contribution in [-0.2, 0) is 4.79 Å². The van der Waals surface area contributed by atoms with Crippen molar-refractivity contribution in [3.63, 3.8) is 0 Å². The number of aromatic amines is 1. The molecule has 0 radical (unpaired) electrons. The fourth-order valence-corrected chi connectivity index (χ4v) is 2.53. The number of aromatic nitrogens is 2. The minimum atomic E-state index is 0.162. The smallest absolute Gasteiger partial charge is 0.226 e. The quantitative estimate of drug-likeness (QED) is 0.883. The molecule has 2 N–H and O–H groups in total. The number of fused-ring (bicyclic) bond motifs is 1. The van der Waals surface area contributed by atoms with Gasteiger partial charge in [-0.1, -0.05) is 0 Å². The van der Waals surface area contributed by atoms with Crippen LogP contribution in [0.5, 0.6) is 5.75 Å². The Bertz CT molecular complexity index is 632. The normalized spacial score (nSPS) is 15.4. The first-order chi connectivity index (χ1) is 10.2. The Morgan fingerprint density at radius 2 is 2.19 bits per heavy atom. The van der Waals surface area contributed by atoms with Crippen LogP contribution in [0.25, 0.3) is 11.0 Å². The van der Waals surface area contributed by atoms with E-state index < -0.39 is 0 Å². The maximum absolute atomic E-state index is 12.0. The SMILES string of the molecule is Cc1nc2ccc(OCCC(=O)N3CCNCC3)cc2[nH]1. The molecular formula is C15H20N4O2. The van der Waals surface area contributed by atoms with Crippen molar-refractivity contribution >= 4 is 16.9 Å². The summed E-state index contributed by atoms with van der Waals surface area (Å²) in [6.07, 6.45) is 0.417. The molecule has 0 saturated carbocycles. The third-order valence-corrected chi connectivity index (χ3v) is 3.63. The molecule has 1 fully saturated rings. The van der Waals surface area contributed by atoms with E-state index in [1.165, 1.54) is 0 Å². The van der Waals surface area contributed by atoms with Gasteiger partial charge in [0.05, 0.1) is 24.1 Å². The average molecular weight is 288 g/mol. The van der Waals surface area contributed by atoms with Gasteiger partial charge in [0.15, 0.2) is 0 Å². The summed E-state index contributed by atoms with van der Waals surface area (Å²) < 4.78 is 5.67. The zero-order valence-corrected chi connectivity index (χ0v) is 12.2. The van der Waals surface area contributed by atoms with E-state index in [1.54, 1.807) is 0 Å². The van der Waals surface area contributed by atoms with Gasteiger partial charge in [0, 0.05) is 32.2 Å². The van der Waals surface area contributed by atoms with E-state index in [0.717, 1.165) is 48.8 Å². The summed E-state index contributed by atoms with van der Waals surface area (Å²) in [5.41, 5.74) is 1.88. The van der Waals surface area contributed by atoms with Gasteiger partial charge >= 0.3 is 0 Å². The second-order valence-corrected chi connectivity index (χ2v) is 5.23. The lowest BCUT2D eigenvalue weighted by Crippen LogP contribution is -2.46. The van der Waals surface area contributed by atoms with E-state index in [1.807, 2.05) is 30.0 Å². The highest BCUT2D eigenvalue weighted by molar-refractivity contribution is 5.77. The van der Waals surface area contributed by atoms with E-state index in [4.69, 9.17) is 4.74 Å². The van der Waals surface area contributed by atoms with Gasteiger partial charge in [0.2, 0.25) is 5.91 Å². The van der Waals surface area contributed by atoms with Crippen LogP contribution in [-0.4, -0.2) is 53.6 Å². The average Bonchev–Trinajstić information content (AvgIpc) is 2.87. The summed E-state index contributed by atoms with van der Waals surface area (Å²) >= 11 is 0. The third-order valence-electron chi connectivity index (χ3n) is 3.63. The molecule has 0 bridgehead atoms. The molecule has 1 aromatic carbocycles. The number of carbonyl (C=O) groups is 1. The highest BCUT2D eigenvalue weighted by atomic mass is 16.5. The highest BCUT2D eigenvalue weighted by Crippen LogP contribution is 2.19. The van der Waals surface area contributed by atoms with Crippen molar-refractivity contribution < 1.29 is 9.53 Å². The lowest BCUT2D eigenvalue weighted by Gasteiger charge is -2.27. The number of carbonyl (C=O) groups excluding carboxylic acids is 1. The van der Waals surface area contributed by atoms with E-state index >= 15 is 0 Å². The molecule has 6 nitrogen and oxygen atoms in total. The first kappa shape index (κ1) is 13.9. The fourth-order valence-electron chi connectivity index (χ4n) is 2.53. The van der Waals surface area contributed by atoms with E-state index in [0.29, 0.717) is 13.0 Å². The van der Waals surface area contributed by atoms with Crippen LogP contribution in [0.15, 0.2) is 18.2 Å². The van der Waals surface area contributed by atoms with Gasteiger partial charge in [-0.2, -0.15) is 0 Å². The summed E-state index contributed by atoms with van der Waals surface area (Å²) in [5.74, 6) is 1.81. The number of piperazine rings is 1. The number of amides is 1. The lowest BCUT2D eigenvalue weighted by molar-refractivity contribution is -0.132. The number of nitrogens with zero attached hydrogens (tertiary/aromatic N) is 2. The molecule has 1 amide bonds. The third kappa shape index (κ3) is 3.33. The Hall–Kier alpha value is -2.08. The molecule has 1 aliphatic rings. The van der Waals surface area contributed by atoms with Gasteiger partial charge < -0.3 is 19.9 Å². The van der Waals surface area contributed by atoms with Gasteiger partial charge in [0.25, 0.3) is 0 Å². The molecule has 21 heavy (non-hydrogen) atoms. The number of hydrogen-bond donors (Lipinski definition) is 2. The van der Waals surface area contributed by atoms with Gasteiger partial charge in [0.1, 0.15) is 11.6 Å². The predicted molar refractivity (Wildman–Crippen MR) is 80.4 cm³/mol. The number of H-pyrrole nitrogens is 1. The summed E-state index contributed by atoms with van der Waals surface area (Å²) in [7, 11) is 0. The van der Waals surface area contributed by atoms with Crippen LogP contribution in [0.2, 0.25) is 0 Å². The summed E-state index contributed by atoms with van der Waals surface area (Å²) in [4.78, 5) is 21.4. The Morgan fingerprint density at radius 1 is 1.38 bits per heavy atom. The predicted octanol–water partition coefficient (Wildman–Crippen LogP) is 1.07. The molecule has 2 aromatic rings. The number of aryl methyl sites for hydroxylation is 1. The number of nitrogens with one attached hydrogen (secondary N) is 2. The minimum absolute atomic E-state index is 0.162. The largest absolute Gasteiger partial charge is 0.493 e. The molecule has 0 atom stereocenters. The van der Waals surface area contributed by atoms with Crippen LogP contribution in [0.3, 0.4) is 0 Å². The number of benzene rings is 1. The van der Waals surface area contributed by atoms with Crippen molar-refractivity contribution in [2.24, 2.45) is 0 Å². The van der Waals surface area contributed by atoms with Crippen molar-refractivity contribution in [1.82, 2.24) is 20.2 Å². The Labute approximate surface area is 123 Å². The number of rotatable bonds is 4. The molecule has 1 aromatic heterocycles. The second-order valence-electron chi connectivity index (χ2n) is 5.23. The van der Waals surface area contributed by atoms with Crippen LogP contribution in [0, 0.1) is 6.92 Å². The molecule has 6 heteroatoms. The van der Waals surface area contributed by atoms with E-state index in [2.05, 4.69) is 15.3 Å². The first-order valence-electron chi connectivity index (χ1n) is 7.30. The van der Waals surface area contributed by atoms with Gasteiger partial charge in [-0.15, -0.1) is 0 Å². The molecule has 1 aliphatic heterocycles. The monoisotopic (exact) mass is 288 g/mol. The lowest BCUT2D eigenvalue weighted by atomic mass is 10.3. The number of imidazole rings is 1. The van der Waals surface area contributed by atoms with Gasteiger partial charge in [-0.3, -0.25) is 4.79 Å². The Balaban J connectivity index is 1.52. The summed E-state index contributed by atoms with van der Waals surface area (Å²) in [6, 6.07) is 5.73. The van der Waals surface area contributed by atoms with Crippen molar-refractivity contribution in [3.05, 3.63) is 24.0 Å². The standard InChI is InChI=1S/C15H20N4O2/c1-11-17-13-3-2-12(10-14(13)18-11)21-9-4-15(20)19-7-5-16-6-8-19/h2-3,10,16H,4-9H2,1H3,(H,17,18). The first-order valence-corrected chi connectivity index (χ1v) is 7.30. The van der Waals surface area contributed by atoms with Crippen molar-refractivity contribution in [3.8, 4) is 5.75 Å².